The molecule has 0 aliphatic heterocycles. The van der Waals surface area contributed by atoms with Crippen LogP contribution in [-0.4, -0.2) is 49.3 Å². The molecule has 7 heteroatoms. The second-order valence-corrected chi connectivity index (χ2v) is 8.37. The van der Waals surface area contributed by atoms with Gasteiger partial charge in [0.15, 0.2) is 0 Å². The van der Waals surface area contributed by atoms with Gasteiger partial charge in [-0.05, 0) is 39.1 Å². The fourth-order valence-electron chi connectivity index (χ4n) is 3.29. The summed E-state index contributed by atoms with van der Waals surface area (Å²) in [5.41, 5.74) is 0.752. The summed E-state index contributed by atoms with van der Waals surface area (Å²) in [7, 11) is 0.475. The van der Waals surface area contributed by atoms with Crippen molar-refractivity contribution >= 4 is 10.0 Å². The Morgan fingerprint density at radius 3 is 2.50 bits per heavy atom. The third-order valence-corrected chi connectivity index (χ3v) is 6.32. The molecule has 130 valence electrons. The molecule has 1 aromatic heterocycles. The number of hydrogen-bond donors (Lipinski definition) is 1. The van der Waals surface area contributed by atoms with Crippen molar-refractivity contribution in [2.24, 2.45) is 0 Å². The van der Waals surface area contributed by atoms with Crippen LogP contribution in [0.25, 0.3) is 5.69 Å². The molecule has 1 fully saturated rings. The van der Waals surface area contributed by atoms with E-state index in [0.29, 0.717) is 6.54 Å². The molecule has 0 amide bonds. The highest BCUT2D eigenvalue weighted by Crippen LogP contribution is 2.33. The fourth-order valence-corrected chi connectivity index (χ4v) is 4.34. The lowest BCUT2D eigenvalue weighted by Gasteiger charge is -2.36. The predicted octanol–water partition coefficient (Wildman–Crippen LogP) is 2.02. The topological polar surface area (TPSA) is 67.2 Å². The molecule has 24 heavy (non-hydrogen) atoms. The summed E-state index contributed by atoms with van der Waals surface area (Å²) in [5, 5.41) is 4.17. The fraction of sp³-hybridized carbons (Fsp3) is 0.471. The van der Waals surface area contributed by atoms with Crippen LogP contribution in [0, 0.1) is 0 Å². The average molecular weight is 348 g/mol. The first kappa shape index (κ1) is 17.1. The molecule has 0 bridgehead atoms. The number of nitrogens with one attached hydrogen (secondary N) is 1. The molecule has 3 rings (SSSR count). The average Bonchev–Trinajstić information content (AvgIpc) is 3.24. The lowest BCUT2D eigenvalue weighted by Crippen LogP contribution is -2.50. The molecule has 1 N–H and O–H groups in total. The van der Waals surface area contributed by atoms with Crippen molar-refractivity contribution in [1.29, 1.82) is 0 Å². The Hall–Kier alpha value is -1.70. The lowest BCUT2D eigenvalue weighted by atomic mass is 9.97. The van der Waals surface area contributed by atoms with Gasteiger partial charge in [0.2, 0.25) is 10.0 Å². The lowest BCUT2D eigenvalue weighted by molar-refractivity contribution is 0.162. The standard InChI is InChI=1S/C17H24N4O2S/c1-20(2)17(10-6-7-11-17)14-19-24(22,23)16-12-18-21(13-16)15-8-4-3-5-9-15/h3-5,8-9,12-13,19H,6-7,10-11,14H2,1-2H3. The van der Waals surface area contributed by atoms with E-state index in [4.69, 9.17) is 0 Å². The Labute approximate surface area is 143 Å². The summed E-state index contributed by atoms with van der Waals surface area (Å²) in [6.07, 6.45) is 7.27. The maximum absolute atomic E-state index is 12.6. The van der Waals surface area contributed by atoms with Gasteiger partial charge in [-0.3, -0.25) is 0 Å². The molecule has 1 aliphatic carbocycles. The molecule has 6 nitrogen and oxygen atoms in total. The van der Waals surface area contributed by atoms with Crippen molar-refractivity contribution in [3.8, 4) is 5.69 Å². The molecule has 0 saturated heterocycles. The summed E-state index contributed by atoms with van der Waals surface area (Å²) >= 11 is 0. The largest absolute Gasteiger partial charge is 0.302 e. The van der Waals surface area contributed by atoms with E-state index < -0.39 is 10.0 Å². The summed E-state index contributed by atoms with van der Waals surface area (Å²) in [6, 6.07) is 9.47. The zero-order valence-corrected chi connectivity index (χ0v) is 15.0. The van der Waals surface area contributed by atoms with Crippen LogP contribution in [0.2, 0.25) is 0 Å². The third kappa shape index (κ3) is 3.38. The minimum Gasteiger partial charge on any atom is -0.302 e. The van der Waals surface area contributed by atoms with E-state index in [9.17, 15) is 8.42 Å². The zero-order valence-electron chi connectivity index (χ0n) is 14.1. The molecule has 1 aliphatic rings. The van der Waals surface area contributed by atoms with Crippen molar-refractivity contribution < 1.29 is 8.42 Å². The van der Waals surface area contributed by atoms with Crippen LogP contribution in [0.5, 0.6) is 0 Å². The highest BCUT2D eigenvalue weighted by atomic mass is 32.2. The molecular weight excluding hydrogens is 324 g/mol. The first-order valence-corrected chi connectivity index (χ1v) is 9.69. The van der Waals surface area contributed by atoms with E-state index in [1.165, 1.54) is 6.20 Å². The zero-order chi connectivity index (χ0) is 17.2. The maximum atomic E-state index is 12.6. The smallest absolute Gasteiger partial charge is 0.243 e. The number of sulfonamides is 1. The molecule has 2 aromatic rings. The number of hydrogen-bond acceptors (Lipinski definition) is 4. The summed E-state index contributed by atoms with van der Waals surface area (Å²) < 4.78 is 29.6. The van der Waals surface area contributed by atoms with Gasteiger partial charge in [-0.1, -0.05) is 31.0 Å². The van der Waals surface area contributed by atoms with E-state index in [-0.39, 0.29) is 10.4 Å². The van der Waals surface area contributed by atoms with Gasteiger partial charge < -0.3 is 4.90 Å². The van der Waals surface area contributed by atoms with Gasteiger partial charge in [-0.2, -0.15) is 5.10 Å². The summed E-state index contributed by atoms with van der Waals surface area (Å²) in [4.78, 5) is 2.34. The van der Waals surface area contributed by atoms with Crippen LogP contribution in [-0.2, 0) is 10.0 Å². The third-order valence-electron chi connectivity index (χ3n) is 4.96. The Balaban J connectivity index is 1.75. The molecule has 0 atom stereocenters. The normalized spacial score (nSPS) is 17.5. The minimum absolute atomic E-state index is 0.0809. The van der Waals surface area contributed by atoms with E-state index in [2.05, 4.69) is 14.7 Å². The van der Waals surface area contributed by atoms with Crippen LogP contribution < -0.4 is 4.72 Å². The molecule has 0 radical (unpaired) electrons. The molecule has 1 aromatic carbocycles. The van der Waals surface area contributed by atoms with Crippen LogP contribution in [0.1, 0.15) is 25.7 Å². The molecular formula is C17H24N4O2S. The first-order chi connectivity index (χ1) is 11.4. The predicted molar refractivity (Wildman–Crippen MR) is 93.6 cm³/mol. The van der Waals surface area contributed by atoms with Crippen LogP contribution in [0.3, 0.4) is 0 Å². The number of aromatic nitrogens is 2. The summed E-state index contributed by atoms with van der Waals surface area (Å²) in [5.74, 6) is 0. The summed E-state index contributed by atoms with van der Waals surface area (Å²) in [6.45, 7) is 0.429. The van der Waals surface area contributed by atoms with E-state index >= 15 is 0 Å². The van der Waals surface area contributed by atoms with Gasteiger partial charge in [0.25, 0.3) is 0 Å². The van der Waals surface area contributed by atoms with Gasteiger partial charge in [-0.25, -0.2) is 17.8 Å². The second kappa shape index (κ2) is 6.66. The minimum atomic E-state index is -3.57. The highest BCUT2D eigenvalue weighted by Gasteiger charge is 2.37. The monoisotopic (exact) mass is 348 g/mol. The van der Waals surface area contributed by atoms with Gasteiger partial charge in [-0.15, -0.1) is 0 Å². The molecule has 1 saturated carbocycles. The van der Waals surface area contributed by atoms with Crippen LogP contribution >= 0.6 is 0 Å². The Morgan fingerprint density at radius 2 is 1.88 bits per heavy atom. The van der Waals surface area contributed by atoms with Crippen molar-refractivity contribution in [2.75, 3.05) is 20.6 Å². The van der Waals surface area contributed by atoms with E-state index in [1.807, 2.05) is 44.4 Å². The van der Waals surface area contributed by atoms with Crippen molar-refractivity contribution in [2.45, 2.75) is 36.1 Å². The van der Waals surface area contributed by atoms with Gasteiger partial charge in [0.1, 0.15) is 4.90 Å². The molecule has 0 spiro atoms. The maximum Gasteiger partial charge on any atom is 0.243 e. The van der Waals surface area contributed by atoms with Crippen molar-refractivity contribution in [1.82, 2.24) is 19.4 Å². The number of likely N-dealkylation sites (N-methyl/N-ethyl adjacent to an activating group) is 1. The molecule has 0 unspecified atom stereocenters. The van der Waals surface area contributed by atoms with Gasteiger partial charge in [0.05, 0.1) is 18.1 Å². The van der Waals surface area contributed by atoms with Gasteiger partial charge >= 0.3 is 0 Å². The Kier molecular flexibility index (Phi) is 4.76. The Morgan fingerprint density at radius 1 is 1.21 bits per heavy atom. The Bertz CT molecular complexity index is 778. The van der Waals surface area contributed by atoms with E-state index in [1.54, 1.807) is 10.9 Å². The second-order valence-electron chi connectivity index (χ2n) is 6.61. The van der Waals surface area contributed by atoms with Crippen molar-refractivity contribution in [3.63, 3.8) is 0 Å². The quantitative estimate of drug-likeness (QED) is 0.867. The SMILES string of the molecule is CN(C)C1(CNS(=O)(=O)c2cnn(-c3ccccc3)c2)CCCC1. The number of rotatable bonds is 6. The van der Waals surface area contributed by atoms with E-state index in [0.717, 1.165) is 31.4 Å². The van der Waals surface area contributed by atoms with Crippen molar-refractivity contribution in [3.05, 3.63) is 42.7 Å². The highest BCUT2D eigenvalue weighted by molar-refractivity contribution is 7.89. The number of para-hydroxylation sites is 1. The molecule has 1 heterocycles. The first-order valence-electron chi connectivity index (χ1n) is 8.20. The van der Waals surface area contributed by atoms with Crippen LogP contribution in [0.15, 0.2) is 47.6 Å². The van der Waals surface area contributed by atoms with Crippen LogP contribution in [0.4, 0.5) is 0 Å². The number of nitrogens with zero attached hydrogens (tertiary/aromatic N) is 3. The number of benzene rings is 1. The van der Waals surface area contributed by atoms with Gasteiger partial charge in [0, 0.05) is 12.1 Å².